The number of hydrogen-bond acceptors (Lipinski definition) is 5. The molecule has 5 nitrogen and oxygen atoms in total. The monoisotopic (exact) mass is 255 g/mol. The predicted octanol–water partition coefficient (Wildman–Crippen LogP) is 3.14. The van der Waals surface area contributed by atoms with Crippen LogP contribution in [0.1, 0.15) is 12.7 Å². The third-order valence-corrected chi connectivity index (χ3v) is 2.87. The smallest absolute Gasteiger partial charge is 0.261 e. The van der Waals surface area contributed by atoms with Crippen molar-refractivity contribution in [2.75, 3.05) is 5.73 Å². The molecule has 96 valence electrons. The number of nitrogens with zero attached hydrogens (tertiary/aromatic N) is 2. The number of benzene rings is 1. The van der Waals surface area contributed by atoms with Crippen molar-refractivity contribution in [1.29, 1.82) is 0 Å². The molecule has 1 aromatic carbocycles. The van der Waals surface area contributed by atoms with Crippen molar-refractivity contribution < 1.29 is 8.94 Å². The van der Waals surface area contributed by atoms with E-state index < -0.39 is 0 Å². The summed E-state index contributed by atoms with van der Waals surface area (Å²) in [4.78, 5) is 4.38. The highest BCUT2D eigenvalue weighted by Gasteiger charge is 2.15. The highest BCUT2D eigenvalue weighted by atomic mass is 16.5. The molecule has 0 atom stereocenters. The van der Waals surface area contributed by atoms with Crippen LogP contribution in [-0.4, -0.2) is 10.1 Å². The second-order valence-corrected chi connectivity index (χ2v) is 4.16. The molecule has 0 radical (unpaired) electrons. The van der Waals surface area contributed by atoms with Crippen LogP contribution in [0.5, 0.6) is 0 Å². The summed E-state index contributed by atoms with van der Waals surface area (Å²) in [6.45, 7) is 2.01. The molecule has 0 saturated carbocycles. The van der Waals surface area contributed by atoms with E-state index in [4.69, 9.17) is 14.7 Å². The lowest BCUT2D eigenvalue weighted by molar-refractivity contribution is 0.430. The van der Waals surface area contributed by atoms with E-state index in [1.54, 1.807) is 6.26 Å². The van der Waals surface area contributed by atoms with Gasteiger partial charge in [0.15, 0.2) is 0 Å². The van der Waals surface area contributed by atoms with Crippen LogP contribution in [0.3, 0.4) is 0 Å². The summed E-state index contributed by atoms with van der Waals surface area (Å²) >= 11 is 0. The fraction of sp³-hybridized carbons (Fsp3) is 0.143. The Labute approximate surface area is 110 Å². The number of nitrogen functional groups attached to an aromatic ring is 1. The van der Waals surface area contributed by atoms with Crippen LogP contribution in [0, 0.1) is 0 Å². The summed E-state index contributed by atoms with van der Waals surface area (Å²) in [5.41, 5.74) is 8.08. The normalized spacial score (nSPS) is 10.8. The largest absolute Gasteiger partial charge is 0.469 e. The predicted molar refractivity (Wildman–Crippen MR) is 71.2 cm³/mol. The molecule has 0 bridgehead atoms. The van der Waals surface area contributed by atoms with Gasteiger partial charge in [-0.15, -0.1) is 0 Å². The maximum atomic E-state index is 5.74. The van der Waals surface area contributed by atoms with Gasteiger partial charge in [-0.3, -0.25) is 0 Å². The third kappa shape index (κ3) is 2.10. The van der Waals surface area contributed by atoms with Crippen molar-refractivity contribution in [2.45, 2.75) is 13.3 Å². The zero-order chi connectivity index (χ0) is 13.2. The second kappa shape index (κ2) is 4.61. The number of hydrogen-bond donors (Lipinski definition) is 1. The quantitative estimate of drug-likeness (QED) is 0.727. The molecule has 3 aromatic rings. The maximum absolute atomic E-state index is 5.74. The summed E-state index contributed by atoms with van der Waals surface area (Å²) < 4.78 is 10.6. The first-order chi connectivity index (χ1) is 9.28. The standard InChI is InChI=1S/C14H13N3O2/c1-2-12-11(6-7-18-12)14-16-13(17-19-14)9-4-3-5-10(15)8-9/h3-8H,2,15H2,1H3. The molecule has 5 heteroatoms. The fourth-order valence-electron chi connectivity index (χ4n) is 1.93. The molecule has 0 aliphatic heterocycles. The number of nitrogens with two attached hydrogens (primary N) is 1. The lowest BCUT2D eigenvalue weighted by Gasteiger charge is -1.95. The molecular formula is C14H13N3O2. The van der Waals surface area contributed by atoms with Crippen LogP contribution < -0.4 is 5.73 Å². The number of anilines is 1. The van der Waals surface area contributed by atoms with Gasteiger partial charge in [0.1, 0.15) is 5.76 Å². The molecule has 0 fully saturated rings. The Morgan fingerprint density at radius 3 is 2.95 bits per heavy atom. The molecule has 2 aromatic heterocycles. The summed E-state index contributed by atoms with van der Waals surface area (Å²) in [6.07, 6.45) is 2.40. The van der Waals surface area contributed by atoms with E-state index >= 15 is 0 Å². The van der Waals surface area contributed by atoms with Gasteiger partial charge >= 0.3 is 0 Å². The van der Waals surface area contributed by atoms with E-state index in [2.05, 4.69) is 10.1 Å². The van der Waals surface area contributed by atoms with Crippen molar-refractivity contribution in [3.63, 3.8) is 0 Å². The van der Waals surface area contributed by atoms with Crippen molar-refractivity contribution in [2.24, 2.45) is 0 Å². The SMILES string of the molecule is CCc1occc1-c1nc(-c2cccc(N)c2)no1. The summed E-state index contributed by atoms with van der Waals surface area (Å²) in [5, 5.41) is 3.98. The van der Waals surface area contributed by atoms with Crippen LogP contribution in [0.2, 0.25) is 0 Å². The zero-order valence-electron chi connectivity index (χ0n) is 10.5. The Hall–Kier alpha value is -2.56. The van der Waals surface area contributed by atoms with Crippen molar-refractivity contribution in [1.82, 2.24) is 10.1 Å². The van der Waals surface area contributed by atoms with Gasteiger partial charge in [0.05, 0.1) is 11.8 Å². The Balaban J connectivity index is 2.00. The first-order valence-corrected chi connectivity index (χ1v) is 6.04. The maximum Gasteiger partial charge on any atom is 0.261 e. The number of aromatic nitrogens is 2. The van der Waals surface area contributed by atoms with E-state index in [0.29, 0.717) is 17.4 Å². The Kier molecular flexibility index (Phi) is 2.79. The first kappa shape index (κ1) is 11.5. The van der Waals surface area contributed by atoms with Crippen molar-refractivity contribution in [3.05, 3.63) is 42.4 Å². The Morgan fingerprint density at radius 1 is 1.26 bits per heavy atom. The molecule has 2 heterocycles. The fourth-order valence-corrected chi connectivity index (χ4v) is 1.93. The zero-order valence-corrected chi connectivity index (χ0v) is 10.5. The lowest BCUT2D eigenvalue weighted by Crippen LogP contribution is -1.86. The van der Waals surface area contributed by atoms with Gasteiger partial charge in [-0.1, -0.05) is 24.2 Å². The van der Waals surface area contributed by atoms with E-state index in [-0.39, 0.29) is 0 Å². The molecule has 19 heavy (non-hydrogen) atoms. The topological polar surface area (TPSA) is 78.1 Å². The highest BCUT2D eigenvalue weighted by Crippen LogP contribution is 2.26. The van der Waals surface area contributed by atoms with Gasteiger partial charge in [0.25, 0.3) is 5.89 Å². The number of furan rings is 1. The molecule has 0 amide bonds. The van der Waals surface area contributed by atoms with Crippen LogP contribution >= 0.6 is 0 Å². The van der Waals surface area contributed by atoms with Crippen LogP contribution in [0.25, 0.3) is 22.8 Å². The molecule has 0 aliphatic rings. The minimum absolute atomic E-state index is 0.461. The molecule has 0 unspecified atom stereocenters. The van der Waals surface area contributed by atoms with Gasteiger partial charge in [0.2, 0.25) is 5.82 Å². The molecule has 0 aliphatic carbocycles. The minimum Gasteiger partial charge on any atom is -0.469 e. The van der Waals surface area contributed by atoms with Gasteiger partial charge < -0.3 is 14.7 Å². The summed E-state index contributed by atoms with van der Waals surface area (Å²) in [5.74, 6) is 1.82. The summed E-state index contributed by atoms with van der Waals surface area (Å²) in [7, 11) is 0. The third-order valence-electron chi connectivity index (χ3n) is 2.87. The van der Waals surface area contributed by atoms with Crippen molar-refractivity contribution in [3.8, 4) is 22.8 Å². The van der Waals surface area contributed by atoms with E-state index in [1.165, 1.54) is 0 Å². The van der Waals surface area contributed by atoms with Gasteiger partial charge in [-0.25, -0.2) is 0 Å². The van der Waals surface area contributed by atoms with E-state index in [0.717, 1.165) is 23.3 Å². The average molecular weight is 255 g/mol. The van der Waals surface area contributed by atoms with Gasteiger partial charge in [0, 0.05) is 17.7 Å². The lowest BCUT2D eigenvalue weighted by atomic mass is 10.2. The minimum atomic E-state index is 0.461. The van der Waals surface area contributed by atoms with Crippen LogP contribution in [-0.2, 0) is 6.42 Å². The first-order valence-electron chi connectivity index (χ1n) is 6.04. The van der Waals surface area contributed by atoms with Gasteiger partial charge in [-0.05, 0) is 18.2 Å². The molecule has 0 spiro atoms. The Morgan fingerprint density at radius 2 is 2.16 bits per heavy atom. The second-order valence-electron chi connectivity index (χ2n) is 4.16. The van der Waals surface area contributed by atoms with E-state index in [1.807, 2.05) is 37.3 Å². The van der Waals surface area contributed by atoms with Crippen LogP contribution in [0.4, 0.5) is 5.69 Å². The summed E-state index contributed by atoms with van der Waals surface area (Å²) in [6, 6.07) is 9.20. The van der Waals surface area contributed by atoms with Crippen LogP contribution in [0.15, 0.2) is 45.5 Å². The molecule has 2 N–H and O–H groups in total. The molecular weight excluding hydrogens is 242 g/mol. The van der Waals surface area contributed by atoms with E-state index in [9.17, 15) is 0 Å². The average Bonchev–Trinajstić information content (AvgIpc) is 3.07. The number of aryl methyl sites for hydroxylation is 1. The molecule has 0 saturated heterocycles. The Bertz CT molecular complexity index is 700. The molecule has 3 rings (SSSR count). The van der Waals surface area contributed by atoms with Crippen molar-refractivity contribution >= 4 is 5.69 Å². The highest BCUT2D eigenvalue weighted by molar-refractivity contribution is 5.63. The van der Waals surface area contributed by atoms with Gasteiger partial charge in [-0.2, -0.15) is 4.98 Å². The number of rotatable bonds is 3.